The van der Waals surface area contributed by atoms with E-state index in [1.807, 2.05) is 0 Å². The molecule has 0 aliphatic heterocycles. The molecule has 3 heteroatoms. The second-order valence-electron chi connectivity index (χ2n) is 5.84. The van der Waals surface area contributed by atoms with E-state index >= 15 is 0 Å². The molecule has 0 saturated carbocycles. The summed E-state index contributed by atoms with van der Waals surface area (Å²) in [5.41, 5.74) is 4.05. The molecule has 2 aromatic rings. The minimum atomic E-state index is 0.463. The van der Waals surface area contributed by atoms with Gasteiger partial charge in [-0.15, -0.1) is 0 Å². The topological polar surface area (TPSA) is 26.2 Å². The summed E-state index contributed by atoms with van der Waals surface area (Å²) in [5, 5.41) is 4.77. The molecule has 1 aromatic carbocycles. The first-order chi connectivity index (χ1) is 10.1. The van der Waals surface area contributed by atoms with E-state index in [0.717, 1.165) is 31.9 Å². The van der Waals surface area contributed by atoms with Crippen LogP contribution in [0, 0.1) is 6.92 Å². The Bertz CT molecular complexity index is 599. The molecule has 1 aromatic heterocycles. The predicted octanol–water partition coefficient (Wildman–Crippen LogP) is 4.43. The van der Waals surface area contributed by atoms with Crippen molar-refractivity contribution >= 4 is 10.9 Å². The number of rotatable bonds is 7. The Morgan fingerprint density at radius 3 is 2.62 bits per heavy atom. The van der Waals surface area contributed by atoms with E-state index in [0.29, 0.717) is 6.04 Å². The van der Waals surface area contributed by atoms with Gasteiger partial charge in [0.2, 0.25) is 0 Å². The first kappa shape index (κ1) is 15.9. The summed E-state index contributed by atoms with van der Waals surface area (Å²) in [4.78, 5) is 0. The van der Waals surface area contributed by atoms with Gasteiger partial charge >= 0.3 is 0 Å². The lowest BCUT2D eigenvalue weighted by Crippen LogP contribution is -2.13. The van der Waals surface area contributed by atoms with Gasteiger partial charge in [0.15, 0.2) is 0 Å². The van der Waals surface area contributed by atoms with Crippen LogP contribution in [-0.4, -0.2) is 17.7 Å². The lowest BCUT2D eigenvalue weighted by molar-refractivity contribution is 0.318. The molecule has 0 amide bonds. The van der Waals surface area contributed by atoms with E-state index in [9.17, 15) is 0 Å². The van der Waals surface area contributed by atoms with Gasteiger partial charge in [0.1, 0.15) is 5.75 Å². The van der Waals surface area contributed by atoms with Crippen LogP contribution in [0.3, 0.4) is 0 Å². The lowest BCUT2D eigenvalue weighted by Gasteiger charge is -2.13. The molecule has 1 heterocycles. The summed E-state index contributed by atoms with van der Waals surface area (Å²) >= 11 is 0. The Hall–Kier alpha value is -1.48. The van der Waals surface area contributed by atoms with E-state index in [-0.39, 0.29) is 0 Å². The minimum absolute atomic E-state index is 0.463. The molecule has 0 atom stereocenters. The predicted molar refractivity (Wildman–Crippen MR) is 90.2 cm³/mol. The van der Waals surface area contributed by atoms with E-state index in [4.69, 9.17) is 4.74 Å². The van der Waals surface area contributed by atoms with Crippen molar-refractivity contribution in [2.45, 2.75) is 53.6 Å². The fraction of sp³-hybridized carbons (Fsp3) is 0.556. The quantitative estimate of drug-likeness (QED) is 0.815. The number of hydrogen-bond donors (Lipinski definition) is 1. The lowest BCUT2D eigenvalue weighted by atomic mass is 10.1. The van der Waals surface area contributed by atoms with Crippen LogP contribution in [0.2, 0.25) is 0 Å². The van der Waals surface area contributed by atoms with Gasteiger partial charge in [0.25, 0.3) is 0 Å². The summed E-state index contributed by atoms with van der Waals surface area (Å²) < 4.78 is 8.22. The third-order valence-electron chi connectivity index (χ3n) is 3.89. The van der Waals surface area contributed by atoms with Crippen LogP contribution in [0.5, 0.6) is 5.75 Å². The second-order valence-corrected chi connectivity index (χ2v) is 5.84. The number of fused-ring (bicyclic) bond motifs is 1. The maximum atomic E-state index is 5.80. The molecule has 0 radical (unpaired) electrons. The van der Waals surface area contributed by atoms with Crippen molar-refractivity contribution in [1.82, 2.24) is 9.88 Å². The van der Waals surface area contributed by atoms with Crippen molar-refractivity contribution in [3.8, 4) is 5.75 Å². The zero-order valence-electron chi connectivity index (χ0n) is 14.0. The van der Waals surface area contributed by atoms with Crippen LogP contribution in [0.25, 0.3) is 10.9 Å². The number of aromatic nitrogens is 1. The molecular weight excluding hydrogens is 260 g/mol. The number of ether oxygens (including phenoxy) is 1. The van der Waals surface area contributed by atoms with Crippen molar-refractivity contribution in [2.75, 3.05) is 13.2 Å². The zero-order chi connectivity index (χ0) is 15.4. The van der Waals surface area contributed by atoms with Crippen molar-refractivity contribution in [3.63, 3.8) is 0 Å². The van der Waals surface area contributed by atoms with E-state index in [1.54, 1.807) is 0 Å². The van der Waals surface area contributed by atoms with Crippen molar-refractivity contribution in [3.05, 3.63) is 29.5 Å². The first-order valence-corrected chi connectivity index (χ1v) is 8.07. The summed E-state index contributed by atoms with van der Waals surface area (Å²) in [5.74, 6) is 0.975. The van der Waals surface area contributed by atoms with Gasteiger partial charge in [-0.05, 0) is 57.5 Å². The summed E-state index contributed by atoms with van der Waals surface area (Å²) in [6, 6.07) is 6.95. The fourth-order valence-corrected chi connectivity index (χ4v) is 2.94. The van der Waals surface area contributed by atoms with Gasteiger partial charge < -0.3 is 14.6 Å². The SMILES string of the molecule is CCCOc1ccc2c(c1)c(CNCC)c(C)n2C(C)C. The standard InChI is InChI=1S/C18H28N2O/c1-6-10-21-15-8-9-18-16(11-15)17(12-19-7-2)14(5)20(18)13(3)4/h8-9,11,13,19H,6-7,10,12H2,1-5H3. The highest BCUT2D eigenvalue weighted by Gasteiger charge is 2.16. The van der Waals surface area contributed by atoms with Crippen molar-refractivity contribution in [2.24, 2.45) is 0 Å². The highest BCUT2D eigenvalue weighted by molar-refractivity contribution is 5.87. The van der Waals surface area contributed by atoms with Crippen LogP contribution in [0.1, 0.15) is 51.4 Å². The molecule has 2 rings (SSSR count). The summed E-state index contributed by atoms with van der Waals surface area (Å²) in [6.07, 6.45) is 1.04. The average molecular weight is 288 g/mol. The molecule has 0 bridgehead atoms. The average Bonchev–Trinajstić information content (AvgIpc) is 2.74. The second kappa shape index (κ2) is 6.99. The van der Waals surface area contributed by atoms with Gasteiger partial charge in [0.05, 0.1) is 6.61 Å². The van der Waals surface area contributed by atoms with E-state index in [1.165, 1.54) is 22.2 Å². The van der Waals surface area contributed by atoms with Crippen LogP contribution in [0.15, 0.2) is 18.2 Å². The Morgan fingerprint density at radius 2 is 2.00 bits per heavy atom. The third kappa shape index (κ3) is 3.24. The largest absolute Gasteiger partial charge is 0.494 e. The smallest absolute Gasteiger partial charge is 0.120 e. The number of nitrogens with one attached hydrogen (secondary N) is 1. The van der Waals surface area contributed by atoms with Gasteiger partial charge in [0, 0.05) is 29.2 Å². The molecule has 21 heavy (non-hydrogen) atoms. The zero-order valence-corrected chi connectivity index (χ0v) is 14.0. The van der Waals surface area contributed by atoms with Gasteiger partial charge in [-0.3, -0.25) is 0 Å². The van der Waals surface area contributed by atoms with Gasteiger partial charge in [-0.25, -0.2) is 0 Å². The maximum absolute atomic E-state index is 5.80. The van der Waals surface area contributed by atoms with Crippen LogP contribution in [-0.2, 0) is 6.54 Å². The fourth-order valence-electron chi connectivity index (χ4n) is 2.94. The van der Waals surface area contributed by atoms with Crippen LogP contribution in [0.4, 0.5) is 0 Å². The van der Waals surface area contributed by atoms with E-state index in [2.05, 4.69) is 62.7 Å². The van der Waals surface area contributed by atoms with Gasteiger partial charge in [-0.1, -0.05) is 13.8 Å². The summed E-state index contributed by atoms with van der Waals surface area (Å²) in [6.45, 7) is 13.7. The Kier molecular flexibility index (Phi) is 5.29. The number of hydrogen-bond acceptors (Lipinski definition) is 2. The molecule has 0 saturated heterocycles. The van der Waals surface area contributed by atoms with Gasteiger partial charge in [-0.2, -0.15) is 0 Å². The third-order valence-corrected chi connectivity index (χ3v) is 3.89. The molecule has 116 valence electrons. The minimum Gasteiger partial charge on any atom is -0.494 e. The van der Waals surface area contributed by atoms with Crippen molar-refractivity contribution < 1.29 is 4.74 Å². The first-order valence-electron chi connectivity index (χ1n) is 8.07. The molecule has 1 N–H and O–H groups in total. The highest BCUT2D eigenvalue weighted by atomic mass is 16.5. The molecular formula is C18H28N2O. The number of nitrogens with zero attached hydrogens (tertiary/aromatic N) is 1. The van der Waals surface area contributed by atoms with Crippen molar-refractivity contribution in [1.29, 1.82) is 0 Å². The van der Waals surface area contributed by atoms with Crippen LogP contribution >= 0.6 is 0 Å². The molecule has 3 nitrogen and oxygen atoms in total. The maximum Gasteiger partial charge on any atom is 0.120 e. The van der Waals surface area contributed by atoms with Crippen LogP contribution < -0.4 is 10.1 Å². The molecule has 0 spiro atoms. The molecule has 0 unspecified atom stereocenters. The monoisotopic (exact) mass is 288 g/mol. The Labute approximate surface area is 128 Å². The molecule has 0 fully saturated rings. The Balaban J connectivity index is 2.52. The summed E-state index contributed by atoms with van der Waals surface area (Å²) in [7, 11) is 0. The molecule has 0 aliphatic rings. The normalized spacial score (nSPS) is 11.5. The van der Waals surface area contributed by atoms with E-state index < -0.39 is 0 Å². The molecule has 0 aliphatic carbocycles. The Morgan fingerprint density at radius 1 is 1.24 bits per heavy atom. The highest BCUT2D eigenvalue weighted by Crippen LogP contribution is 2.31. The number of benzene rings is 1.